The third-order valence-corrected chi connectivity index (χ3v) is 6.62. The topological polar surface area (TPSA) is 68.3 Å². The summed E-state index contributed by atoms with van der Waals surface area (Å²) in [5.41, 5.74) is 0.777. The standard InChI is InChI=1S/C21H25BrN2O5S2/c1-3-5-24-20(26)17(31-21(24)30)12-14-10-15(22)19(16(11-14)28-4-2)29-13-18(25)23-6-8-27-9-7-23/h10-12H,3-9,13H2,1-2H3/b17-12-. The van der Waals surface area contributed by atoms with Crippen LogP contribution in [0.4, 0.5) is 0 Å². The normalized spacial score (nSPS) is 18.1. The van der Waals surface area contributed by atoms with Crippen LogP contribution in [0, 0.1) is 0 Å². The Morgan fingerprint density at radius 1 is 1.29 bits per heavy atom. The minimum Gasteiger partial charge on any atom is -0.490 e. The van der Waals surface area contributed by atoms with Crippen LogP contribution >= 0.6 is 39.9 Å². The Balaban J connectivity index is 1.78. The molecule has 1 aromatic carbocycles. The van der Waals surface area contributed by atoms with Gasteiger partial charge in [0.2, 0.25) is 0 Å². The summed E-state index contributed by atoms with van der Waals surface area (Å²) < 4.78 is 18.1. The van der Waals surface area contributed by atoms with Gasteiger partial charge in [0.25, 0.3) is 11.8 Å². The van der Waals surface area contributed by atoms with Crippen molar-refractivity contribution in [1.82, 2.24) is 9.80 Å². The van der Waals surface area contributed by atoms with Gasteiger partial charge in [0.1, 0.15) is 4.32 Å². The lowest BCUT2D eigenvalue weighted by atomic mass is 10.2. The van der Waals surface area contributed by atoms with Crippen molar-refractivity contribution in [3.05, 3.63) is 27.1 Å². The van der Waals surface area contributed by atoms with E-state index in [-0.39, 0.29) is 18.4 Å². The first-order valence-corrected chi connectivity index (χ1v) is 12.2. The highest BCUT2D eigenvalue weighted by molar-refractivity contribution is 9.10. The molecular formula is C21H25BrN2O5S2. The maximum atomic E-state index is 12.6. The molecule has 0 aromatic heterocycles. The lowest BCUT2D eigenvalue weighted by Crippen LogP contribution is -2.43. The molecule has 2 aliphatic heterocycles. The summed E-state index contributed by atoms with van der Waals surface area (Å²) in [6, 6.07) is 3.64. The van der Waals surface area contributed by atoms with Crippen molar-refractivity contribution in [2.75, 3.05) is 46.1 Å². The second kappa shape index (κ2) is 11.3. The van der Waals surface area contributed by atoms with Crippen LogP contribution in [0.15, 0.2) is 21.5 Å². The van der Waals surface area contributed by atoms with Crippen molar-refractivity contribution in [2.24, 2.45) is 0 Å². The molecule has 10 heteroatoms. The number of thioether (sulfide) groups is 1. The third-order valence-electron chi connectivity index (χ3n) is 4.65. The first-order chi connectivity index (χ1) is 14.9. The molecule has 2 aliphatic rings. The largest absolute Gasteiger partial charge is 0.490 e. The molecule has 0 spiro atoms. The van der Waals surface area contributed by atoms with Crippen LogP contribution in [-0.2, 0) is 14.3 Å². The van der Waals surface area contributed by atoms with Crippen LogP contribution in [-0.4, -0.2) is 72.0 Å². The van der Waals surface area contributed by atoms with Crippen LogP contribution in [0.25, 0.3) is 6.08 Å². The van der Waals surface area contributed by atoms with E-state index in [1.54, 1.807) is 21.9 Å². The van der Waals surface area contributed by atoms with Gasteiger partial charge >= 0.3 is 0 Å². The molecule has 0 unspecified atom stereocenters. The fraction of sp³-hybridized carbons (Fsp3) is 0.476. The maximum Gasteiger partial charge on any atom is 0.266 e. The minimum atomic E-state index is -0.0960. The predicted octanol–water partition coefficient (Wildman–Crippen LogP) is 3.70. The first kappa shape index (κ1) is 24.0. The fourth-order valence-corrected chi connectivity index (χ4v) is 5.06. The van der Waals surface area contributed by atoms with Gasteiger partial charge < -0.3 is 19.1 Å². The van der Waals surface area contributed by atoms with Gasteiger partial charge in [0, 0.05) is 19.6 Å². The molecule has 2 heterocycles. The maximum absolute atomic E-state index is 12.6. The van der Waals surface area contributed by atoms with Gasteiger partial charge in [-0.2, -0.15) is 0 Å². The Kier molecular flexibility index (Phi) is 8.76. The number of nitrogens with zero attached hydrogens (tertiary/aromatic N) is 2. The van der Waals surface area contributed by atoms with Crippen molar-refractivity contribution >= 4 is 62.1 Å². The highest BCUT2D eigenvalue weighted by atomic mass is 79.9. The highest BCUT2D eigenvalue weighted by Gasteiger charge is 2.31. The van der Waals surface area contributed by atoms with Gasteiger partial charge in [-0.15, -0.1) is 0 Å². The first-order valence-electron chi connectivity index (χ1n) is 10.1. The zero-order chi connectivity index (χ0) is 22.4. The number of thiocarbonyl (C=S) groups is 1. The van der Waals surface area contributed by atoms with E-state index < -0.39 is 0 Å². The summed E-state index contributed by atoms with van der Waals surface area (Å²) >= 11 is 10.1. The number of halogens is 1. The molecule has 2 fully saturated rings. The zero-order valence-corrected chi connectivity index (χ0v) is 20.7. The quantitative estimate of drug-likeness (QED) is 0.376. The Bertz CT molecular complexity index is 887. The van der Waals surface area contributed by atoms with E-state index in [0.717, 1.165) is 12.0 Å². The van der Waals surface area contributed by atoms with E-state index in [4.69, 9.17) is 26.4 Å². The van der Waals surface area contributed by atoms with Crippen molar-refractivity contribution in [3.8, 4) is 11.5 Å². The molecule has 31 heavy (non-hydrogen) atoms. The molecule has 7 nitrogen and oxygen atoms in total. The molecule has 0 radical (unpaired) electrons. The third kappa shape index (κ3) is 6.00. The number of morpholine rings is 1. The summed E-state index contributed by atoms with van der Waals surface area (Å²) in [4.78, 5) is 29.0. The number of benzene rings is 1. The lowest BCUT2D eigenvalue weighted by Gasteiger charge is -2.27. The van der Waals surface area contributed by atoms with Gasteiger partial charge in [-0.05, 0) is 53.0 Å². The molecule has 0 atom stereocenters. The summed E-state index contributed by atoms with van der Waals surface area (Å²) in [7, 11) is 0. The van der Waals surface area contributed by atoms with Crippen LogP contribution in [0.1, 0.15) is 25.8 Å². The number of amides is 2. The second-order valence-electron chi connectivity index (χ2n) is 6.88. The molecule has 0 aliphatic carbocycles. The summed E-state index contributed by atoms with van der Waals surface area (Å²) in [5, 5.41) is 0. The van der Waals surface area contributed by atoms with E-state index >= 15 is 0 Å². The van der Waals surface area contributed by atoms with E-state index in [0.29, 0.717) is 64.7 Å². The van der Waals surface area contributed by atoms with Gasteiger partial charge in [-0.1, -0.05) is 30.9 Å². The van der Waals surface area contributed by atoms with Gasteiger partial charge in [-0.25, -0.2) is 0 Å². The van der Waals surface area contributed by atoms with Crippen LogP contribution in [0.3, 0.4) is 0 Å². The van der Waals surface area contributed by atoms with E-state index in [1.165, 1.54) is 11.8 Å². The van der Waals surface area contributed by atoms with Gasteiger partial charge in [0.05, 0.1) is 29.2 Å². The van der Waals surface area contributed by atoms with Crippen molar-refractivity contribution in [1.29, 1.82) is 0 Å². The molecule has 2 saturated heterocycles. The highest BCUT2D eigenvalue weighted by Crippen LogP contribution is 2.39. The minimum absolute atomic E-state index is 0.0811. The van der Waals surface area contributed by atoms with Crippen molar-refractivity contribution < 1.29 is 23.8 Å². The summed E-state index contributed by atoms with van der Waals surface area (Å²) in [5.74, 6) is 0.782. The van der Waals surface area contributed by atoms with Crippen LogP contribution in [0.5, 0.6) is 11.5 Å². The van der Waals surface area contributed by atoms with Crippen molar-refractivity contribution in [3.63, 3.8) is 0 Å². The Labute approximate surface area is 200 Å². The molecule has 168 valence electrons. The molecule has 1 aromatic rings. The summed E-state index contributed by atoms with van der Waals surface area (Å²) in [6.45, 7) is 7.05. The second-order valence-corrected chi connectivity index (χ2v) is 9.41. The molecular weight excluding hydrogens is 504 g/mol. The smallest absolute Gasteiger partial charge is 0.266 e. The molecule has 0 N–H and O–H groups in total. The average Bonchev–Trinajstić information content (AvgIpc) is 3.01. The SMILES string of the molecule is CCCN1C(=O)/C(=C/c2cc(Br)c(OCC(=O)N3CCOCC3)c(OCC)c2)SC1=S. The molecule has 0 saturated carbocycles. The van der Waals surface area contributed by atoms with Crippen molar-refractivity contribution in [2.45, 2.75) is 20.3 Å². The van der Waals surface area contributed by atoms with Gasteiger partial charge in [-0.3, -0.25) is 14.5 Å². The Hall–Kier alpha value is -1.62. The number of carbonyl (C=O) groups is 2. The number of hydrogen-bond acceptors (Lipinski definition) is 7. The van der Waals surface area contributed by atoms with E-state index in [2.05, 4.69) is 15.9 Å². The molecule has 0 bridgehead atoms. The number of hydrogen-bond donors (Lipinski definition) is 0. The van der Waals surface area contributed by atoms with E-state index in [1.807, 2.05) is 19.9 Å². The molecule has 3 rings (SSSR count). The predicted molar refractivity (Wildman–Crippen MR) is 128 cm³/mol. The van der Waals surface area contributed by atoms with Crippen LogP contribution < -0.4 is 9.47 Å². The summed E-state index contributed by atoms with van der Waals surface area (Å²) in [6.07, 6.45) is 2.64. The van der Waals surface area contributed by atoms with Gasteiger partial charge in [0.15, 0.2) is 18.1 Å². The number of ether oxygens (including phenoxy) is 3. The van der Waals surface area contributed by atoms with E-state index in [9.17, 15) is 9.59 Å². The van der Waals surface area contributed by atoms with Crippen LogP contribution in [0.2, 0.25) is 0 Å². The molecule has 2 amide bonds. The average molecular weight is 529 g/mol. The Morgan fingerprint density at radius 2 is 2.03 bits per heavy atom. The Morgan fingerprint density at radius 3 is 2.71 bits per heavy atom. The number of carbonyl (C=O) groups excluding carboxylic acids is 2. The lowest BCUT2D eigenvalue weighted by molar-refractivity contribution is -0.137. The monoisotopic (exact) mass is 528 g/mol. The fourth-order valence-electron chi connectivity index (χ4n) is 3.18. The zero-order valence-electron chi connectivity index (χ0n) is 17.5. The number of rotatable bonds is 8.